The smallest absolute Gasteiger partial charge is 0.257 e. The molecular formula is C24H26N2O4S2. The van der Waals surface area contributed by atoms with Crippen molar-refractivity contribution < 1.29 is 17.6 Å². The van der Waals surface area contributed by atoms with Crippen molar-refractivity contribution in [3.05, 3.63) is 60.7 Å². The Labute approximate surface area is 193 Å². The molecule has 1 fully saturated rings. The zero-order valence-electron chi connectivity index (χ0n) is 17.9. The monoisotopic (exact) mass is 470 g/mol. The van der Waals surface area contributed by atoms with Crippen LogP contribution in [0.25, 0.3) is 22.6 Å². The van der Waals surface area contributed by atoms with Crippen LogP contribution in [-0.2, 0) is 14.6 Å². The second-order valence-corrected chi connectivity index (χ2v) is 11.0. The number of amides is 1. The van der Waals surface area contributed by atoms with E-state index in [2.05, 4.69) is 4.98 Å². The van der Waals surface area contributed by atoms with Gasteiger partial charge >= 0.3 is 0 Å². The van der Waals surface area contributed by atoms with Crippen LogP contribution in [0, 0.1) is 0 Å². The van der Waals surface area contributed by atoms with E-state index in [-0.39, 0.29) is 29.2 Å². The summed E-state index contributed by atoms with van der Waals surface area (Å²) in [4.78, 5) is 19.4. The van der Waals surface area contributed by atoms with Crippen LogP contribution in [0.2, 0.25) is 0 Å². The molecule has 6 nitrogen and oxygen atoms in total. The molecule has 0 N–H and O–H groups in total. The summed E-state index contributed by atoms with van der Waals surface area (Å²) < 4.78 is 29.9. The number of nitrogens with zero attached hydrogens (tertiary/aromatic N) is 2. The normalized spacial score (nSPS) is 17.3. The van der Waals surface area contributed by atoms with Crippen molar-refractivity contribution >= 4 is 27.5 Å². The second kappa shape index (κ2) is 9.92. The van der Waals surface area contributed by atoms with Crippen LogP contribution >= 0.6 is 11.8 Å². The van der Waals surface area contributed by atoms with E-state index in [1.165, 1.54) is 11.8 Å². The van der Waals surface area contributed by atoms with E-state index >= 15 is 0 Å². The number of oxazole rings is 1. The molecule has 1 unspecified atom stereocenters. The van der Waals surface area contributed by atoms with E-state index in [0.29, 0.717) is 23.9 Å². The number of carbonyl (C=O) groups is 1. The fourth-order valence-corrected chi connectivity index (χ4v) is 6.36. The summed E-state index contributed by atoms with van der Waals surface area (Å²) in [6.45, 7) is 2.54. The van der Waals surface area contributed by atoms with Crippen molar-refractivity contribution in [2.45, 2.75) is 31.0 Å². The Hall–Kier alpha value is -2.58. The number of hydrogen-bond donors (Lipinski definition) is 0. The fraction of sp³-hybridized carbons (Fsp3) is 0.333. The molecular weight excluding hydrogens is 444 g/mol. The Kier molecular flexibility index (Phi) is 7.01. The van der Waals surface area contributed by atoms with E-state index in [0.717, 1.165) is 23.2 Å². The van der Waals surface area contributed by atoms with Crippen LogP contribution in [0.3, 0.4) is 0 Å². The van der Waals surface area contributed by atoms with Gasteiger partial charge < -0.3 is 9.32 Å². The molecule has 0 aliphatic carbocycles. The van der Waals surface area contributed by atoms with E-state index < -0.39 is 9.84 Å². The van der Waals surface area contributed by atoms with Gasteiger partial charge in [0, 0.05) is 23.7 Å². The summed E-state index contributed by atoms with van der Waals surface area (Å²) >= 11 is 1.25. The molecule has 3 aromatic rings. The first-order valence-corrected chi connectivity index (χ1v) is 13.5. The van der Waals surface area contributed by atoms with Gasteiger partial charge in [0.1, 0.15) is 5.69 Å². The molecule has 1 atom stereocenters. The van der Waals surface area contributed by atoms with Gasteiger partial charge in [-0.05, 0) is 12.8 Å². The molecule has 1 aliphatic heterocycles. The van der Waals surface area contributed by atoms with Gasteiger partial charge in [0.05, 0.1) is 17.3 Å². The minimum atomic E-state index is -3.05. The SMILES string of the molecule is CCCN(C(=O)CSc1nc(-c2ccccc2)c(-c2ccccc2)o1)C1CCS(=O)(=O)C1. The van der Waals surface area contributed by atoms with Crippen molar-refractivity contribution in [1.29, 1.82) is 0 Å². The van der Waals surface area contributed by atoms with Crippen molar-refractivity contribution in [3.8, 4) is 22.6 Å². The minimum absolute atomic E-state index is 0.0543. The van der Waals surface area contributed by atoms with Crippen LogP contribution in [0.5, 0.6) is 0 Å². The second-order valence-electron chi connectivity index (χ2n) is 7.82. The number of aromatic nitrogens is 1. The van der Waals surface area contributed by atoms with Gasteiger partial charge in [-0.2, -0.15) is 0 Å². The van der Waals surface area contributed by atoms with Crippen molar-refractivity contribution in [1.82, 2.24) is 9.88 Å². The number of benzene rings is 2. The van der Waals surface area contributed by atoms with Crippen LogP contribution in [0.1, 0.15) is 19.8 Å². The number of sulfone groups is 1. The highest BCUT2D eigenvalue weighted by molar-refractivity contribution is 7.99. The van der Waals surface area contributed by atoms with Gasteiger partial charge in [-0.15, -0.1) is 0 Å². The first kappa shape index (κ1) is 22.6. The Bertz CT molecular complexity index is 1100. The molecule has 1 amide bonds. The van der Waals surface area contributed by atoms with Gasteiger partial charge in [0.15, 0.2) is 15.6 Å². The lowest BCUT2D eigenvalue weighted by Crippen LogP contribution is -2.42. The van der Waals surface area contributed by atoms with Gasteiger partial charge in [-0.3, -0.25) is 4.79 Å². The Balaban J connectivity index is 1.54. The van der Waals surface area contributed by atoms with Crippen LogP contribution < -0.4 is 0 Å². The standard InChI is InChI=1S/C24H26N2O4S2/c1-2-14-26(20-13-15-32(28,29)17-20)21(27)16-31-24-25-22(18-9-5-3-6-10-18)23(30-24)19-11-7-4-8-12-19/h3-12,20H,2,13-17H2,1H3. The summed E-state index contributed by atoms with van der Waals surface area (Å²) in [5.74, 6) is 0.940. The molecule has 32 heavy (non-hydrogen) atoms. The highest BCUT2D eigenvalue weighted by atomic mass is 32.2. The number of rotatable bonds is 8. The molecule has 1 aliphatic rings. The first-order valence-electron chi connectivity index (χ1n) is 10.7. The molecule has 168 valence electrons. The molecule has 0 spiro atoms. The zero-order valence-corrected chi connectivity index (χ0v) is 19.6. The molecule has 1 saturated heterocycles. The maximum Gasteiger partial charge on any atom is 0.257 e. The minimum Gasteiger partial charge on any atom is -0.431 e. The molecule has 0 bridgehead atoms. The quantitative estimate of drug-likeness (QED) is 0.450. The predicted octanol–water partition coefficient (Wildman–Crippen LogP) is 4.53. The lowest BCUT2D eigenvalue weighted by molar-refractivity contribution is -0.130. The summed E-state index contributed by atoms with van der Waals surface area (Å²) in [6, 6.07) is 19.3. The Morgan fingerprint density at radius 1 is 1.09 bits per heavy atom. The maximum absolute atomic E-state index is 13.0. The number of thioether (sulfide) groups is 1. The van der Waals surface area contributed by atoms with Gasteiger partial charge in [0.2, 0.25) is 5.91 Å². The highest BCUT2D eigenvalue weighted by Gasteiger charge is 2.34. The highest BCUT2D eigenvalue weighted by Crippen LogP contribution is 2.35. The largest absolute Gasteiger partial charge is 0.431 e. The van der Waals surface area contributed by atoms with Crippen LogP contribution in [0.4, 0.5) is 0 Å². The predicted molar refractivity (Wildman–Crippen MR) is 127 cm³/mol. The van der Waals surface area contributed by atoms with Crippen molar-refractivity contribution in [3.63, 3.8) is 0 Å². The molecule has 0 saturated carbocycles. The lowest BCUT2D eigenvalue weighted by atomic mass is 10.1. The maximum atomic E-state index is 13.0. The average Bonchev–Trinajstić information content (AvgIpc) is 3.40. The molecule has 2 aromatic carbocycles. The third kappa shape index (κ3) is 5.24. The average molecular weight is 471 g/mol. The molecule has 1 aromatic heterocycles. The van der Waals surface area contributed by atoms with Gasteiger partial charge in [0.25, 0.3) is 5.22 Å². The first-order chi connectivity index (χ1) is 15.5. The summed E-state index contributed by atoms with van der Waals surface area (Å²) in [5, 5.41) is 0.423. The summed E-state index contributed by atoms with van der Waals surface area (Å²) in [7, 11) is -3.05. The molecule has 8 heteroatoms. The van der Waals surface area contributed by atoms with Gasteiger partial charge in [-0.25, -0.2) is 13.4 Å². The van der Waals surface area contributed by atoms with Crippen molar-refractivity contribution in [2.24, 2.45) is 0 Å². The van der Waals surface area contributed by atoms with Crippen LogP contribution in [0.15, 0.2) is 70.3 Å². The zero-order chi connectivity index (χ0) is 22.6. The number of hydrogen-bond acceptors (Lipinski definition) is 6. The topological polar surface area (TPSA) is 80.5 Å². The summed E-state index contributed by atoms with van der Waals surface area (Å²) in [6.07, 6.45) is 1.29. The molecule has 0 radical (unpaired) electrons. The lowest BCUT2D eigenvalue weighted by Gasteiger charge is -2.27. The van der Waals surface area contributed by atoms with E-state index in [4.69, 9.17) is 4.42 Å². The molecule has 2 heterocycles. The Morgan fingerprint density at radius 2 is 1.75 bits per heavy atom. The van der Waals surface area contributed by atoms with E-state index in [1.807, 2.05) is 67.6 Å². The van der Waals surface area contributed by atoms with E-state index in [9.17, 15) is 13.2 Å². The van der Waals surface area contributed by atoms with Gasteiger partial charge in [-0.1, -0.05) is 79.3 Å². The van der Waals surface area contributed by atoms with E-state index in [1.54, 1.807) is 4.90 Å². The van der Waals surface area contributed by atoms with Crippen LogP contribution in [-0.4, -0.2) is 54.1 Å². The Morgan fingerprint density at radius 3 is 2.34 bits per heavy atom. The van der Waals surface area contributed by atoms with Crippen molar-refractivity contribution in [2.75, 3.05) is 23.8 Å². The number of carbonyl (C=O) groups excluding carboxylic acids is 1. The molecule has 4 rings (SSSR count). The fourth-order valence-electron chi connectivity index (χ4n) is 3.92. The third-order valence-electron chi connectivity index (χ3n) is 5.44. The summed E-state index contributed by atoms with van der Waals surface area (Å²) in [5.41, 5.74) is 2.59. The third-order valence-corrected chi connectivity index (χ3v) is 8.01.